The van der Waals surface area contributed by atoms with Crippen molar-refractivity contribution in [2.75, 3.05) is 0 Å². The highest BCUT2D eigenvalue weighted by Gasteiger charge is 2.38. The second-order valence-corrected chi connectivity index (χ2v) is 7.06. The molecule has 1 aliphatic rings. The molecule has 0 spiro atoms. The first-order chi connectivity index (χ1) is 7.65. The third-order valence-corrected chi connectivity index (χ3v) is 5.33. The van der Waals surface area contributed by atoms with Crippen LogP contribution in [0, 0.1) is 0 Å². The number of nitrogens with two attached hydrogens (primary N) is 1. The van der Waals surface area contributed by atoms with Gasteiger partial charge in [0, 0.05) is 27.2 Å². The second kappa shape index (κ2) is 3.91. The number of thiophene rings is 1. The second-order valence-electron chi connectivity index (χ2n) is 4.29. The van der Waals surface area contributed by atoms with Crippen LogP contribution in [0.15, 0.2) is 21.3 Å². The summed E-state index contributed by atoms with van der Waals surface area (Å²) in [4.78, 5) is 5.87. The molecular weight excluding hydrogens is 304 g/mol. The maximum atomic E-state index is 6.09. The fourth-order valence-corrected chi connectivity index (χ4v) is 4.00. The quantitative estimate of drug-likeness (QED) is 0.938. The van der Waals surface area contributed by atoms with Gasteiger partial charge in [0.25, 0.3) is 0 Å². The van der Waals surface area contributed by atoms with E-state index in [2.05, 4.69) is 37.7 Å². The molecule has 1 saturated carbocycles. The van der Waals surface area contributed by atoms with Crippen molar-refractivity contribution in [1.29, 1.82) is 0 Å². The molecule has 2 aromatic rings. The van der Waals surface area contributed by atoms with Gasteiger partial charge in [0.2, 0.25) is 0 Å². The molecule has 2 N–H and O–H groups in total. The van der Waals surface area contributed by atoms with Gasteiger partial charge in [0.05, 0.1) is 15.6 Å². The van der Waals surface area contributed by atoms with Crippen LogP contribution >= 0.6 is 38.6 Å². The summed E-state index contributed by atoms with van der Waals surface area (Å²) in [6.45, 7) is 0. The zero-order valence-electron chi connectivity index (χ0n) is 8.57. The largest absolute Gasteiger partial charge is 0.325 e. The highest BCUT2D eigenvalue weighted by Crippen LogP contribution is 2.37. The number of rotatable bonds is 3. The normalized spacial score (nSPS) is 17.6. The Morgan fingerprint density at radius 3 is 2.81 bits per heavy atom. The summed E-state index contributed by atoms with van der Waals surface area (Å²) >= 11 is 6.90. The van der Waals surface area contributed by atoms with Crippen LogP contribution in [0.1, 0.15) is 17.8 Å². The van der Waals surface area contributed by atoms with Crippen molar-refractivity contribution in [3.05, 3.63) is 26.3 Å². The van der Waals surface area contributed by atoms with E-state index in [0.29, 0.717) is 0 Å². The summed E-state index contributed by atoms with van der Waals surface area (Å²) in [5.41, 5.74) is 7.24. The Labute approximate surface area is 111 Å². The molecule has 3 rings (SSSR count). The number of hydrogen-bond acceptors (Lipinski definition) is 4. The maximum Gasteiger partial charge on any atom is 0.0951 e. The summed E-state index contributed by atoms with van der Waals surface area (Å²) in [6.07, 6.45) is 3.23. The lowest BCUT2D eigenvalue weighted by Gasteiger charge is -2.03. The molecule has 0 radical (unpaired) electrons. The van der Waals surface area contributed by atoms with Gasteiger partial charge in [-0.15, -0.1) is 22.7 Å². The monoisotopic (exact) mass is 314 g/mol. The first kappa shape index (κ1) is 10.9. The molecule has 0 bridgehead atoms. The first-order valence-corrected chi connectivity index (χ1v) is 7.68. The van der Waals surface area contributed by atoms with Crippen LogP contribution in [-0.4, -0.2) is 10.5 Å². The van der Waals surface area contributed by atoms with Crippen LogP contribution in [0.3, 0.4) is 0 Å². The number of thiazole rings is 1. The standard InChI is InChI=1S/C11H11BrN2S2/c12-7-3-9(15-5-7)8-6-16-10(14-8)4-11(13)1-2-11/h3,5-6H,1-2,4,13H2. The summed E-state index contributed by atoms with van der Waals surface area (Å²) < 4.78 is 1.12. The van der Waals surface area contributed by atoms with Gasteiger partial charge < -0.3 is 5.73 Å². The lowest BCUT2D eigenvalue weighted by atomic mass is 10.2. The lowest BCUT2D eigenvalue weighted by Crippen LogP contribution is -2.24. The molecular formula is C11H11BrN2S2. The Balaban J connectivity index is 1.82. The average Bonchev–Trinajstić information content (AvgIpc) is 2.69. The molecule has 0 aromatic carbocycles. The van der Waals surface area contributed by atoms with E-state index in [1.807, 2.05) is 0 Å². The van der Waals surface area contributed by atoms with Crippen molar-refractivity contribution in [3.63, 3.8) is 0 Å². The van der Waals surface area contributed by atoms with Crippen LogP contribution in [-0.2, 0) is 6.42 Å². The van der Waals surface area contributed by atoms with Crippen molar-refractivity contribution in [2.24, 2.45) is 5.73 Å². The smallest absolute Gasteiger partial charge is 0.0951 e. The molecule has 5 heteroatoms. The van der Waals surface area contributed by atoms with Crippen molar-refractivity contribution in [1.82, 2.24) is 4.98 Å². The Morgan fingerprint density at radius 1 is 1.38 bits per heavy atom. The molecule has 0 aliphatic heterocycles. The van der Waals surface area contributed by atoms with Crippen molar-refractivity contribution in [2.45, 2.75) is 24.8 Å². The number of aromatic nitrogens is 1. The molecule has 0 amide bonds. The summed E-state index contributed by atoms with van der Waals surface area (Å²) in [6, 6.07) is 2.11. The third-order valence-electron chi connectivity index (χ3n) is 2.77. The van der Waals surface area contributed by atoms with Crippen LogP contribution in [0.5, 0.6) is 0 Å². The van der Waals surface area contributed by atoms with Crippen molar-refractivity contribution in [3.8, 4) is 10.6 Å². The van der Waals surface area contributed by atoms with E-state index < -0.39 is 0 Å². The van der Waals surface area contributed by atoms with E-state index in [9.17, 15) is 0 Å². The highest BCUT2D eigenvalue weighted by molar-refractivity contribution is 9.10. The fourth-order valence-electron chi connectivity index (χ4n) is 1.59. The molecule has 84 valence electrons. The number of halogens is 1. The minimum absolute atomic E-state index is 0.0607. The van der Waals surface area contributed by atoms with E-state index in [1.165, 1.54) is 9.88 Å². The third kappa shape index (κ3) is 2.22. The topological polar surface area (TPSA) is 38.9 Å². The van der Waals surface area contributed by atoms with Gasteiger partial charge in [-0.2, -0.15) is 0 Å². The van der Waals surface area contributed by atoms with E-state index in [4.69, 9.17) is 5.73 Å². The maximum absolute atomic E-state index is 6.09. The lowest BCUT2D eigenvalue weighted by molar-refractivity contribution is 0.669. The van der Waals surface area contributed by atoms with Gasteiger partial charge >= 0.3 is 0 Å². The van der Waals surface area contributed by atoms with Gasteiger partial charge in [-0.05, 0) is 34.8 Å². The zero-order valence-corrected chi connectivity index (χ0v) is 11.8. The Kier molecular flexibility index (Phi) is 2.66. The van der Waals surface area contributed by atoms with Crippen LogP contribution in [0.2, 0.25) is 0 Å². The van der Waals surface area contributed by atoms with E-state index in [-0.39, 0.29) is 5.54 Å². The minimum atomic E-state index is 0.0607. The van der Waals surface area contributed by atoms with Gasteiger partial charge in [0.15, 0.2) is 0 Å². The number of hydrogen-bond donors (Lipinski definition) is 1. The molecule has 2 nitrogen and oxygen atoms in total. The van der Waals surface area contributed by atoms with Gasteiger partial charge in [0.1, 0.15) is 0 Å². The van der Waals surface area contributed by atoms with E-state index in [0.717, 1.165) is 29.4 Å². The Morgan fingerprint density at radius 2 is 2.19 bits per heavy atom. The molecule has 0 atom stereocenters. The predicted octanol–water partition coefficient (Wildman–Crippen LogP) is 3.67. The minimum Gasteiger partial charge on any atom is -0.325 e. The Hall–Kier alpha value is -0.230. The molecule has 1 aliphatic carbocycles. The SMILES string of the molecule is NC1(Cc2nc(-c3cc(Br)cs3)cs2)CC1. The summed E-state index contributed by atoms with van der Waals surface area (Å²) in [7, 11) is 0. The summed E-state index contributed by atoms with van der Waals surface area (Å²) in [5.74, 6) is 0. The van der Waals surface area contributed by atoms with Crippen molar-refractivity contribution < 1.29 is 0 Å². The van der Waals surface area contributed by atoms with Gasteiger partial charge in [-0.3, -0.25) is 0 Å². The Bertz CT molecular complexity index is 514. The van der Waals surface area contributed by atoms with Crippen LogP contribution in [0.4, 0.5) is 0 Å². The highest BCUT2D eigenvalue weighted by atomic mass is 79.9. The molecule has 2 aromatic heterocycles. The molecule has 1 fully saturated rings. The van der Waals surface area contributed by atoms with Gasteiger partial charge in [-0.25, -0.2) is 4.98 Å². The molecule has 0 unspecified atom stereocenters. The first-order valence-electron chi connectivity index (χ1n) is 5.12. The van der Waals surface area contributed by atoms with E-state index >= 15 is 0 Å². The van der Waals surface area contributed by atoms with Crippen LogP contribution < -0.4 is 5.73 Å². The van der Waals surface area contributed by atoms with Gasteiger partial charge in [-0.1, -0.05) is 0 Å². The number of nitrogens with zero attached hydrogens (tertiary/aromatic N) is 1. The molecule has 0 saturated heterocycles. The zero-order chi connectivity index (χ0) is 11.2. The van der Waals surface area contributed by atoms with Crippen molar-refractivity contribution >= 4 is 38.6 Å². The van der Waals surface area contributed by atoms with Crippen LogP contribution in [0.25, 0.3) is 10.6 Å². The molecule has 2 heterocycles. The summed E-state index contributed by atoms with van der Waals surface area (Å²) in [5, 5.41) is 5.37. The van der Waals surface area contributed by atoms with E-state index in [1.54, 1.807) is 22.7 Å². The fraction of sp³-hybridized carbons (Fsp3) is 0.364. The predicted molar refractivity (Wildman–Crippen MR) is 73.0 cm³/mol. The molecule has 16 heavy (non-hydrogen) atoms. The average molecular weight is 315 g/mol.